The molecule has 23 heavy (non-hydrogen) atoms. The van der Waals surface area contributed by atoms with Crippen LogP contribution >= 0.6 is 0 Å². The molecule has 0 aliphatic rings. The Morgan fingerprint density at radius 3 is 2.17 bits per heavy atom. The predicted molar refractivity (Wildman–Crippen MR) is 89.3 cm³/mol. The first-order chi connectivity index (χ1) is 10.9. The summed E-state index contributed by atoms with van der Waals surface area (Å²) in [6.45, 7) is 2.10. The number of rotatable bonds is 6. The Kier molecular flexibility index (Phi) is 5.36. The Morgan fingerprint density at radius 1 is 1.04 bits per heavy atom. The van der Waals surface area contributed by atoms with Crippen molar-refractivity contribution in [3.63, 3.8) is 0 Å². The van der Waals surface area contributed by atoms with Crippen LogP contribution in [0.3, 0.4) is 0 Å². The molecule has 0 aromatic heterocycles. The zero-order chi connectivity index (χ0) is 16.9. The van der Waals surface area contributed by atoms with Gasteiger partial charge in [-0.25, -0.2) is 13.6 Å². The molecule has 2 aromatic carbocycles. The average molecular weight is 333 g/mol. The number of sulfonamides is 1. The lowest BCUT2D eigenvalue weighted by Crippen LogP contribution is -2.29. The van der Waals surface area contributed by atoms with Crippen LogP contribution in [0.1, 0.15) is 29.3 Å². The van der Waals surface area contributed by atoms with Gasteiger partial charge >= 0.3 is 0 Å². The molecule has 6 nitrogen and oxygen atoms in total. The lowest BCUT2D eigenvalue weighted by atomic mass is 10.1. The van der Waals surface area contributed by atoms with Crippen molar-refractivity contribution in [1.29, 1.82) is 0 Å². The number of nitrogens with one attached hydrogen (secondary N) is 2. The first kappa shape index (κ1) is 17.0. The van der Waals surface area contributed by atoms with Gasteiger partial charge in [0.25, 0.3) is 5.91 Å². The summed E-state index contributed by atoms with van der Waals surface area (Å²) in [5, 5.41) is 5.02. The molecule has 0 saturated heterocycles. The molecule has 2 rings (SSSR count). The minimum absolute atomic E-state index is 0.0147. The number of carbonyl (C=O) groups is 1. The van der Waals surface area contributed by atoms with Crippen molar-refractivity contribution < 1.29 is 13.2 Å². The number of primary sulfonamides is 1. The summed E-state index contributed by atoms with van der Waals surface area (Å²) in [5.41, 5.74) is 7.56. The second kappa shape index (κ2) is 7.26. The van der Waals surface area contributed by atoms with Crippen molar-refractivity contribution in [2.75, 3.05) is 5.43 Å². The molecule has 0 heterocycles. The van der Waals surface area contributed by atoms with E-state index in [9.17, 15) is 13.2 Å². The summed E-state index contributed by atoms with van der Waals surface area (Å²) >= 11 is 0. The van der Waals surface area contributed by atoms with Crippen molar-refractivity contribution in [2.24, 2.45) is 5.14 Å². The van der Waals surface area contributed by atoms with Gasteiger partial charge < -0.3 is 0 Å². The molecule has 0 saturated carbocycles. The number of amides is 1. The smallest absolute Gasteiger partial charge is 0.269 e. The van der Waals surface area contributed by atoms with E-state index in [-0.39, 0.29) is 10.8 Å². The number of anilines is 1. The molecular weight excluding hydrogens is 314 g/mol. The summed E-state index contributed by atoms with van der Waals surface area (Å²) in [4.78, 5) is 12.0. The summed E-state index contributed by atoms with van der Waals surface area (Å²) in [5.74, 6) is -0.274. The minimum atomic E-state index is -3.72. The van der Waals surface area contributed by atoms with E-state index in [1.165, 1.54) is 29.8 Å². The summed E-state index contributed by atoms with van der Waals surface area (Å²) in [6.07, 6.45) is 2.04. The first-order valence-corrected chi connectivity index (χ1v) is 8.73. The lowest BCUT2D eigenvalue weighted by molar-refractivity contribution is 0.0962. The summed E-state index contributed by atoms with van der Waals surface area (Å²) in [6, 6.07) is 13.2. The van der Waals surface area contributed by atoms with Gasteiger partial charge in [-0.2, -0.15) is 0 Å². The SMILES string of the molecule is CCCc1ccc(C(=O)NNc2ccc(S(N)(=O)=O)cc2)cc1. The van der Waals surface area contributed by atoms with E-state index in [2.05, 4.69) is 17.8 Å². The fourth-order valence-electron chi connectivity index (χ4n) is 2.04. The molecule has 0 atom stereocenters. The van der Waals surface area contributed by atoms with Crippen molar-refractivity contribution in [3.05, 3.63) is 59.7 Å². The van der Waals surface area contributed by atoms with Crippen molar-refractivity contribution in [2.45, 2.75) is 24.7 Å². The van der Waals surface area contributed by atoms with E-state index in [0.717, 1.165) is 12.8 Å². The van der Waals surface area contributed by atoms with Crippen LogP contribution in [-0.4, -0.2) is 14.3 Å². The van der Waals surface area contributed by atoms with E-state index in [1.54, 1.807) is 12.1 Å². The third kappa shape index (κ3) is 4.80. The maximum atomic E-state index is 12.0. The molecule has 0 radical (unpaired) electrons. The van der Waals surface area contributed by atoms with Gasteiger partial charge in [0.05, 0.1) is 10.6 Å². The summed E-state index contributed by atoms with van der Waals surface area (Å²) < 4.78 is 22.3. The van der Waals surface area contributed by atoms with E-state index in [4.69, 9.17) is 5.14 Å². The van der Waals surface area contributed by atoms with Crippen LogP contribution in [0.5, 0.6) is 0 Å². The van der Waals surface area contributed by atoms with Crippen LogP contribution in [0.2, 0.25) is 0 Å². The average Bonchev–Trinajstić information content (AvgIpc) is 2.53. The standard InChI is InChI=1S/C16H19N3O3S/c1-2-3-12-4-6-13(7-5-12)16(20)19-18-14-8-10-15(11-9-14)23(17,21)22/h4-11,18H,2-3H2,1H3,(H,19,20)(H2,17,21,22). The largest absolute Gasteiger partial charge is 0.298 e. The van der Waals surface area contributed by atoms with Gasteiger partial charge in [0.2, 0.25) is 10.0 Å². The highest BCUT2D eigenvalue weighted by Crippen LogP contribution is 2.12. The number of hydrogen-bond donors (Lipinski definition) is 3. The van der Waals surface area contributed by atoms with Crippen molar-refractivity contribution in [1.82, 2.24) is 5.43 Å². The summed E-state index contributed by atoms with van der Waals surface area (Å²) in [7, 11) is -3.72. The third-order valence-corrected chi connectivity index (χ3v) is 4.19. The first-order valence-electron chi connectivity index (χ1n) is 7.18. The molecule has 0 aliphatic carbocycles. The molecule has 0 aliphatic heterocycles. The Hall–Kier alpha value is -2.38. The molecule has 1 amide bonds. The molecule has 0 spiro atoms. The van der Waals surface area contributed by atoms with Crippen LogP contribution in [0.15, 0.2) is 53.4 Å². The Morgan fingerprint density at radius 2 is 1.65 bits per heavy atom. The van der Waals surface area contributed by atoms with Gasteiger partial charge in [-0.1, -0.05) is 25.5 Å². The van der Waals surface area contributed by atoms with Gasteiger partial charge in [0.1, 0.15) is 0 Å². The highest BCUT2D eigenvalue weighted by molar-refractivity contribution is 7.89. The highest BCUT2D eigenvalue weighted by atomic mass is 32.2. The molecule has 0 bridgehead atoms. The Labute approximate surface area is 135 Å². The number of hydrogen-bond acceptors (Lipinski definition) is 4. The van der Waals surface area contributed by atoms with E-state index >= 15 is 0 Å². The van der Waals surface area contributed by atoms with Gasteiger partial charge in [-0.15, -0.1) is 0 Å². The van der Waals surface area contributed by atoms with Crippen LogP contribution in [-0.2, 0) is 16.4 Å². The fraction of sp³-hybridized carbons (Fsp3) is 0.188. The van der Waals surface area contributed by atoms with Gasteiger partial charge in [0.15, 0.2) is 0 Å². The highest BCUT2D eigenvalue weighted by Gasteiger charge is 2.08. The van der Waals surface area contributed by atoms with E-state index in [1.807, 2.05) is 12.1 Å². The topological polar surface area (TPSA) is 101 Å². The number of aryl methyl sites for hydroxylation is 1. The molecule has 0 fully saturated rings. The normalized spacial score (nSPS) is 11.0. The van der Waals surface area contributed by atoms with Crippen molar-refractivity contribution in [3.8, 4) is 0 Å². The molecule has 7 heteroatoms. The number of nitrogens with two attached hydrogens (primary N) is 1. The zero-order valence-corrected chi connectivity index (χ0v) is 13.6. The number of hydrazine groups is 1. The van der Waals surface area contributed by atoms with Gasteiger partial charge in [0, 0.05) is 5.56 Å². The molecular formula is C16H19N3O3S. The van der Waals surface area contributed by atoms with E-state index < -0.39 is 10.0 Å². The number of benzene rings is 2. The quantitative estimate of drug-likeness (QED) is 0.704. The molecule has 4 N–H and O–H groups in total. The Balaban J connectivity index is 1.96. The lowest BCUT2D eigenvalue weighted by Gasteiger charge is -2.09. The second-order valence-corrected chi connectivity index (χ2v) is 6.66. The Bertz CT molecular complexity index is 769. The van der Waals surface area contributed by atoms with Crippen molar-refractivity contribution >= 4 is 21.6 Å². The maximum Gasteiger partial charge on any atom is 0.269 e. The fourth-order valence-corrected chi connectivity index (χ4v) is 2.56. The van der Waals surface area contributed by atoms with E-state index in [0.29, 0.717) is 11.3 Å². The maximum absolute atomic E-state index is 12.0. The minimum Gasteiger partial charge on any atom is -0.298 e. The van der Waals surface area contributed by atoms with Gasteiger partial charge in [-0.3, -0.25) is 15.6 Å². The van der Waals surface area contributed by atoms with Gasteiger partial charge in [-0.05, 0) is 48.4 Å². The molecule has 2 aromatic rings. The third-order valence-electron chi connectivity index (χ3n) is 3.26. The zero-order valence-electron chi connectivity index (χ0n) is 12.7. The van der Waals surface area contributed by atoms with Crippen LogP contribution in [0.25, 0.3) is 0 Å². The molecule has 122 valence electrons. The predicted octanol–water partition coefficient (Wildman–Crippen LogP) is 2.04. The van der Waals surface area contributed by atoms with Crippen LogP contribution in [0, 0.1) is 0 Å². The number of carbonyl (C=O) groups excluding carboxylic acids is 1. The van der Waals surface area contributed by atoms with Crippen LogP contribution < -0.4 is 16.0 Å². The second-order valence-electron chi connectivity index (χ2n) is 5.10. The monoisotopic (exact) mass is 333 g/mol. The molecule has 0 unspecified atom stereocenters. The van der Waals surface area contributed by atoms with Crippen LogP contribution in [0.4, 0.5) is 5.69 Å².